The van der Waals surface area contributed by atoms with Gasteiger partial charge in [-0.05, 0) is 18.6 Å². The van der Waals surface area contributed by atoms with E-state index in [1.54, 1.807) is 0 Å². The lowest BCUT2D eigenvalue weighted by atomic mass is 10.2. The quantitative estimate of drug-likeness (QED) is 0.419. The second-order valence-corrected chi connectivity index (χ2v) is 3.98. The number of carbonyl (C=O) groups excluding carboxylic acids is 1. The van der Waals surface area contributed by atoms with Gasteiger partial charge in [-0.1, -0.05) is 11.8 Å². The van der Waals surface area contributed by atoms with E-state index in [2.05, 4.69) is 11.8 Å². The van der Waals surface area contributed by atoms with Gasteiger partial charge in [0.25, 0.3) is 0 Å². The summed E-state index contributed by atoms with van der Waals surface area (Å²) in [5, 5.41) is 0. The van der Waals surface area contributed by atoms with Crippen LogP contribution in [-0.4, -0.2) is 12.2 Å². The minimum absolute atomic E-state index is 0.554. The van der Waals surface area contributed by atoms with Crippen LogP contribution in [0.1, 0.15) is 26.5 Å². The fourth-order valence-corrected chi connectivity index (χ4v) is 1.84. The van der Waals surface area contributed by atoms with Gasteiger partial charge in [-0.15, -0.1) is 22.9 Å². The van der Waals surface area contributed by atoms with Gasteiger partial charge in [0.2, 0.25) is 0 Å². The topological polar surface area (TPSA) is 17.1 Å². The average molecular weight is 213 g/mol. The summed E-state index contributed by atoms with van der Waals surface area (Å²) >= 11 is 6.91. The first-order chi connectivity index (χ1) is 6.27. The van der Waals surface area contributed by atoms with E-state index < -0.39 is 0 Å². The number of hydrogen-bond acceptors (Lipinski definition) is 2. The molecule has 0 spiro atoms. The zero-order valence-corrected chi connectivity index (χ0v) is 8.84. The van der Waals surface area contributed by atoms with Crippen LogP contribution in [-0.2, 0) is 0 Å². The summed E-state index contributed by atoms with van der Waals surface area (Å²) in [5.41, 5.74) is 1.06. The third-order valence-corrected chi connectivity index (χ3v) is 2.74. The van der Waals surface area contributed by atoms with Crippen molar-refractivity contribution >= 4 is 29.2 Å². The van der Waals surface area contributed by atoms with E-state index in [4.69, 9.17) is 11.6 Å². The molecule has 13 heavy (non-hydrogen) atoms. The van der Waals surface area contributed by atoms with Crippen molar-refractivity contribution in [3.05, 3.63) is 21.4 Å². The number of alkyl halides is 1. The van der Waals surface area contributed by atoms with Gasteiger partial charge in [-0.25, -0.2) is 0 Å². The van der Waals surface area contributed by atoms with E-state index in [1.165, 1.54) is 11.3 Å². The Balaban J connectivity index is 2.84. The summed E-state index contributed by atoms with van der Waals surface area (Å²) in [5.74, 6) is 6.49. The Hall–Kier alpha value is -0.780. The summed E-state index contributed by atoms with van der Waals surface area (Å²) < 4.78 is 0. The highest BCUT2D eigenvalue weighted by Gasteiger charge is 2.00. The van der Waals surface area contributed by atoms with Gasteiger partial charge in [-0.3, -0.25) is 4.79 Å². The van der Waals surface area contributed by atoms with Crippen molar-refractivity contribution in [1.29, 1.82) is 0 Å². The number of rotatable bonds is 2. The van der Waals surface area contributed by atoms with Gasteiger partial charge in [0, 0.05) is 12.3 Å². The van der Waals surface area contributed by atoms with Crippen molar-refractivity contribution < 1.29 is 4.79 Å². The van der Waals surface area contributed by atoms with E-state index in [9.17, 15) is 4.79 Å². The molecule has 68 valence electrons. The molecule has 0 amide bonds. The Labute approximate surface area is 86.7 Å². The van der Waals surface area contributed by atoms with Crippen LogP contribution >= 0.6 is 22.9 Å². The normalized spacial score (nSPS) is 9.08. The SMILES string of the molecule is Cc1cc(C=O)sc1C#CCCCl. The maximum absolute atomic E-state index is 10.4. The minimum atomic E-state index is 0.554. The maximum Gasteiger partial charge on any atom is 0.160 e. The van der Waals surface area contributed by atoms with Gasteiger partial charge in [0.1, 0.15) is 0 Å². The zero-order chi connectivity index (χ0) is 9.68. The zero-order valence-electron chi connectivity index (χ0n) is 7.26. The van der Waals surface area contributed by atoms with E-state index in [0.29, 0.717) is 12.3 Å². The summed E-state index contributed by atoms with van der Waals surface area (Å²) in [6.45, 7) is 1.95. The molecule has 0 atom stereocenters. The molecule has 0 unspecified atom stereocenters. The van der Waals surface area contributed by atoms with Crippen LogP contribution in [0.25, 0.3) is 0 Å². The second kappa shape index (κ2) is 5.06. The van der Waals surface area contributed by atoms with E-state index in [0.717, 1.165) is 21.6 Å². The van der Waals surface area contributed by atoms with Crippen LogP contribution in [0.4, 0.5) is 0 Å². The number of aldehydes is 1. The van der Waals surface area contributed by atoms with Crippen molar-refractivity contribution in [3.8, 4) is 11.8 Å². The fraction of sp³-hybridized carbons (Fsp3) is 0.300. The first kappa shape index (κ1) is 10.3. The predicted molar refractivity (Wildman–Crippen MR) is 56.7 cm³/mol. The Morgan fingerprint density at radius 3 is 3.00 bits per heavy atom. The molecule has 1 aromatic heterocycles. The summed E-state index contributed by atoms with van der Waals surface area (Å²) in [7, 11) is 0. The lowest BCUT2D eigenvalue weighted by molar-refractivity contribution is 0.112. The molecule has 0 aliphatic carbocycles. The van der Waals surface area contributed by atoms with Crippen LogP contribution in [0.5, 0.6) is 0 Å². The van der Waals surface area contributed by atoms with Crippen molar-refractivity contribution in [2.75, 3.05) is 5.88 Å². The van der Waals surface area contributed by atoms with Crippen LogP contribution in [0.2, 0.25) is 0 Å². The van der Waals surface area contributed by atoms with Gasteiger partial charge >= 0.3 is 0 Å². The Bertz CT molecular complexity index is 357. The molecule has 1 aromatic rings. The van der Waals surface area contributed by atoms with Gasteiger partial charge in [-0.2, -0.15) is 0 Å². The maximum atomic E-state index is 10.4. The average Bonchev–Trinajstić information content (AvgIpc) is 2.48. The van der Waals surface area contributed by atoms with Gasteiger partial charge < -0.3 is 0 Å². The molecule has 0 saturated heterocycles. The molecule has 0 aliphatic heterocycles. The van der Waals surface area contributed by atoms with Crippen LogP contribution < -0.4 is 0 Å². The smallest absolute Gasteiger partial charge is 0.160 e. The molecular weight excluding hydrogens is 204 g/mol. The Kier molecular flexibility index (Phi) is 4.01. The van der Waals surface area contributed by atoms with Crippen LogP contribution in [0.15, 0.2) is 6.07 Å². The Morgan fingerprint density at radius 2 is 2.46 bits per heavy atom. The highest BCUT2D eigenvalue weighted by molar-refractivity contribution is 7.14. The van der Waals surface area contributed by atoms with Gasteiger partial charge in [0.15, 0.2) is 6.29 Å². The summed E-state index contributed by atoms with van der Waals surface area (Å²) in [4.78, 5) is 12.1. The molecule has 0 fully saturated rings. The number of thiophene rings is 1. The number of aryl methyl sites for hydroxylation is 1. The van der Waals surface area contributed by atoms with Crippen molar-refractivity contribution in [2.45, 2.75) is 13.3 Å². The molecule has 0 bridgehead atoms. The first-order valence-electron chi connectivity index (χ1n) is 3.88. The molecule has 0 N–H and O–H groups in total. The standard InChI is InChI=1S/C10H9ClOS/c1-8-6-9(7-12)13-10(8)4-2-3-5-11/h6-7H,3,5H2,1H3. The lowest BCUT2D eigenvalue weighted by Crippen LogP contribution is -1.71. The minimum Gasteiger partial charge on any atom is -0.297 e. The highest BCUT2D eigenvalue weighted by atomic mass is 35.5. The lowest BCUT2D eigenvalue weighted by Gasteiger charge is -1.82. The summed E-state index contributed by atoms with van der Waals surface area (Å²) in [6, 6.07) is 1.85. The third kappa shape index (κ3) is 2.87. The molecule has 1 heterocycles. The molecular formula is C10H9ClOS. The van der Waals surface area contributed by atoms with Crippen molar-refractivity contribution in [1.82, 2.24) is 0 Å². The Morgan fingerprint density at radius 1 is 1.69 bits per heavy atom. The second-order valence-electron chi connectivity index (χ2n) is 2.52. The number of hydrogen-bond donors (Lipinski definition) is 0. The van der Waals surface area contributed by atoms with Crippen molar-refractivity contribution in [3.63, 3.8) is 0 Å². The molecule has 3 heteroatoms. The van der Waals surface area contributed by atoms with Crippen LogP contribution in [0, 0.1) is 18.8 Å². The van der Waals surface area contributed by atoms with E-state index >= 15 is 0 Å². The number of halogens is 1. The van der Waals surface area contributed by atoms with Crippen molar-refractivity contribution in [2.24, 2.45) is 0 Å². The van der Waals surface area contributed by atoms with E-state index in [1.807, 2.05) is 13.0 Å². The van der Waals surface area contributed by atoms with E-state index in [-0.39, 0.29) is 0 Å². The molecule has 1 nitrogen and oxygen atoms in total. The first-order valence-corrected chi connectivity index (χ1v) is 5.23. The predicted octanol–water partition coefficient (Wildman–Crippen LogP) is 2.85. The molecule has 0 aromatic carbocycles. The monoisotopic (exact) mass is 212 g/mol. The highest BCUT2D eigenvalue weighted by Crippen LogP contribution is 2.18. The fourth-order valence-electron chi connectivity index (χ4n) is 0.879. The third-order valence-electron chi connectivity index (χ3n) is 1.47. The van der Waals surface area contributed by atoms with Crippen LogP contribution in [0.3, 0.4) is 0 Å². The van der Waals surface area contributed by atoms with Gasteiger partial charge in [0.05, 0.1) is 9.75 Å². The molecule has 0 saturated carbocycles. The molecule has 0 radical (unpaired) electrons. The number of carbonyl (C=O) groups is 1. The molecule has 0 aliphatic rings. The largest absolute Gasteiger partial charge is 0.297 e. The molecule has 1 rings (SSSR count). The summed E-state index contributed by atoms with van der Waals surface area (Å²) in [6.07, 6.45) is 1.54.